The number of carbonyl (C=O) groups is 2. The summed E-state index contributed by atoms with van der Waals surface area (Å²) < 4.78 is 23.0. The SMILES string of the molecule is CSC[C@H](OC(N)=O)[C@@]1(Cc2nccc3oc(CCC4CC4)cc23)OC(C)(C)OC1=O. The number of hydrogen-bond donors (Lipinski definition) is 1. The van der Waals surface area contributed by atoms with Crippen LogP contribution in [0.2, 0.25) is 0 Å². The van der Waals surface area contributed by atoms with E-state index < -0.39 is 29.6 Å². The molecule has 0 radical (unpaired) electrons. The predicted octanol–water partition coefficient (Wildman–Crippen LogP) is 3.59. The van der Waals surface area contributed by atoms with E-state index in [1.165, 1.54) is 24.6 Å². The Labute approximate surface area is 185 Å². The number of rotatable bonds is 9. The summed E-state index contributed by atoms with van der Waals surface area (Å²) in [6.07, 6.45) is 6.20. The number of thioether (sulfide) groups is 1. The molecule has 0 spiro atoms. The fraction of sp³-hybridized carbons (Fsp3) is 0.591. The van der Waals surface area contributed by atoms with Gasteiger partial charge in [0.25, 0.3) is 0 Å². The molecule has 4 rings (SSSR count). The molecule has 2 aromatic heterocycles. The van der Waals surface area contributed by atoms with Crippen molar-refractivity contribution >= 4 is 34.8 Å². The fourth-order valence-corrected chi connectivity index (χ4v) is 4.76. The Kier molecular flexibility index (Phi) is 5.91. The van der Waals surface area contributed by atoms with Crippen LogP contribution in [0.4, 0.5) is 4.79 Å². The van der Waals surface area contributed by atoms with Crippen LogP contribution in [0, 0.1) is 5.92 Å². The lowest BCUT2D eigenvalue weighted by atomic mass is 9.90. The quantitative estimate of drug-likeness (QED) is 0.579. The second-order valence-electron chi connectivity index (χ2n) is 8.70. The molecular formula is C22H28N2O6S. The molecule has 168 valence electrons. The van der Waals surface area contributed by atoms with Crippen LogP contribution >= 0.6 is 11.8 Å². The number of fused-ring (bicyclic) bond motifs is 1. The monoisotopic (exact) mass is 448 g/mol. The molecular weight excluding hydrogens is 420 g/mol. The van der Waals surface area contributed by atoms with E-state index >= 15 is 0 Å². The number of carbonyl (C=O) groups excluding carboxylic acids is 2. The van der Waals surface area contributed by atoms with Crippen molar-refractivity contribution in [1.29, 1.82) is 0 Å². The van der Waals surface area contributed by atoms with Crippen LogP contribution in [0.15, 0.2) is 22.7 Å². The highest BCUT2D eigenvalue weighted by atomic mass is 32.2. The van der Waals surface area contributed by atoms with Gasteiger partial charge in [-0.15, -0.1) is 0 Å². The average Bonchev–Trinajstić information content (AvgIpc) is 3.36. The minimum absolute atomic E-state index is 0.0622. The van der Waals surface area contributed by atoms with Gasteiger partial charge in [0.2, 0.25) is 11.4 Å². The van der Waals surface area contributed by atoms with Crippen LogP contribution in [-0.4, -0.2) is 46.5 Å². The third-order valence-corrected chi connectivity index (χ3v) is 6.35. The smallest absolute Gasteiger partial charge is 0.404 e. The Balaban J connectivity index is 1.70. The number of amides is 1. The number of primary amides is 1. The first-order valence-corrected chi connectivity index (χ1v) is 11.9. The molecule has 2 fully saturated rings. The van der Waals surface area contributed by atoms with Gasteiger partial charge in [-0.25, -0.2) is 9.59 Å². The molecule has 1 saturated heterocycles. The van der Waals surface area contributed by atoms with E-state index in [-0.39, 0.29) is 6.42 Å². The summed E-state index contributed by atoms with van der Waals surface area (Å²) >= 11 is 1.41. The first-order chi connectivity index (χ1) is 14.7. The van der Waals surface area contributed by atoms with Crippen molar-refractivity contribution in [3.63, 3.8) is 0 Å². The number of cyclic esters (lactones) is 1. The number of aromatic nitrogens is 1. The van der Waals surface area contributed by atoms with Crippen LogP contribution in [0.5, 0.6) is 0 Å². The Hall–Kier alpha value is -2.26. The minimum atomic E-state index is -1.56. The van der Waals surface area contributed by atoms with Gasteiger partial charge in [0.1, 0.15) is 11.3 Å². The number of esters is 1. The molecule has 1 saturated carbocycles. The van der Waals surface area contributed by atoms with E-state index in [0.717, 1.165) is 29.9 Å². The van der Waals surface area contributed by atoms with Gasteiger partial charge in [0.15, 0.2) is 6.10 Å². The Bertz CT molecular complexity index is 986. The fourth-order valence-electron chi connectivity index (χ4n) is 4.12. The zero-order chi connectivity index (χ0) is 22.2. The lowest BCUT2D eigenvalue weighted by molar-refractivity contribution is -0.181. The molecule has 1 aliphatic carbocycles. The second-order valence-corrected chi connectivity index (χ2v) is 9.61. The average molecular weight is 449 g/mol. The zero-order valence-electron chi connectivity index (χ0n) is 18.0. The van der Waals surface area contributed by atoms with Gasteiger partial charge in [0.05, 0.1) is 5.69 Å². The third-order valence-electron chi connectivity index (χ3n) is 5.71. The number of pyridine rings is 1. The third kappa shape index (κ3) is 4.67. The minimum Gasteiger partial charge on any atom is -0.461 e. The molecule has 2 aliphatic rings. The number of aryl methyl sites for hydroxylation is 1. The van der Waals surface area contributed by atoms with Gasteiger partial charge in [0, 0.05) is 44.0 Å². The standard InChI is InChI=1S/C22H28N2O6S/c1-21(2)29-19(25)22(30-21,18(12-31-3)28-20(23)26)11-16-15-10-14(7-6-13-4-5-13)27-17(15)8-9-24-16/h8-10,13,18H,4-7,11-12H2,1-3H3,(H2,23,26)/t18-,22+/m0/s1. The van der Waals surface area contributed by atoms with Crippen molar-refractivity contribution in [3.8, 4) is 0 Å². The van der Waals surface area contributed by atoms with Crippen LogP contribution in [-0.2, 0) is 31.8 Å². The van der Waals surface area contributed by atoms with E-state index in [2.05, 4.69) is 4.98 Å². The molecule has 1 amide bonds. The highest BCUT2D eigenvalue weighted by Gasteiger charge is 2.60. The van der Waals surface area contributed by atoms with Gasteiger partial charge in [-0.3, -0.25) is 4.98 Å². The zero-order valence-corrected chi connectivity index (χ0v) is 18.8. The van der Waals surface area contributed by atoms with E-state index in [1.54, 1.807) is 20.0 Å². The van der Waals surface area contributed by atoms with E-state index in [9.17, 15) is 9.59 Å². The van der Waals surface area contributed by atoms with Crippen molar-refractivity contribution in [2.24, 2.45) is 11.7 Å². The van der Waals surface area contributed by atoms with Crippen molar-refractivity contribution in [3.05, 3.63) is 29.8 Å². The topological polar surface area (TPSA) is 114 Å². The Morgan fingerprint density at radius 3 is 2.81 bits per heavy atom. The molecule has 0 unspecified atom stereocenters. The summed E-state index contributed by atoms with van der Waals surface area (Å²) in [6, 6.07) is 3.79. The second kappa shape index (κ2) is 8.35. The van der Waals surface area contributed by atoms with Crippen molar-refractivity contribution in [1.82, 2.24) is 4.98 Å². The molecule has 31 heavy (non-hydrogen) atoms. The molecule has 9 heteroatoms. The van der Waals surface area contributed by atoms with Crippen LogP contribution < -0.4 is 5.73 Å². The lowest BCUT2D eigenvalue weighted by Gasteiger charge is -2.32. The molecule has 2 N–H and O–H groups in total. The number of nitrogens with zero attached hydrogens (tertiary/aromatic N) is 1. The molecule has 0 aromatic carbocycles. The number of nitrogens with two attached hydrogens (primary N) is 1. The first kappa shape index (κ1) is 22.0. The summed E-state index contributed by atoms with van der Waals surface area (Å²) in [4.78, 5) is 29.2. The highest BCUT2D eigenvalue weighted by Crippen LogP contribution is 2.40. The summed E-state index contributed by atoms with van der Waals surface area (Å²) in [5, 5.41) is 0.816. The predicted molar refractivity (Wildman–Crippen MR) is 116 cm³/mol. The molecule has 8 nitrogen and oxygen atoms in total. The summed E-state index contributed by atoms with van der Waals surface area (Å²) in [6.45, 7) is 3.30. The van der Waals surface area contributed by atoms with Gasteiger partial charge in [-0.05, 0) is 30.7 Å². The maximum Gasteiger partial charge on any atom is 0.404 e. The van der Waals surface area contributed by atoms with Crippen molar-refractivity contribution < 1.29 is 28.2 Å². The maximum absolute atomic E-state index is 13.1. The summed E-state index contributed by atoms with van der Waals surface area (Å²) in [5.41, 5.74) is 5.06. The van der Waals surface area contributed by atoms with E-state index in [0.29, 0.717) is 17.0 Å². The normalized spacial score (nSPS) is 23.6. The number of furan rings is 1. The van der Waals surface area contributed by atoms with Gasteiger partial charge in [-0.2, -0.15) is 11.8 Å². The molecule has 1 aliphatic heterocycles. The highest BCUT2D eigenvalue weighted by molar-refractivity contribution is 7.98. The van der Waals surface area contributed by atoms with Crippen LogP contribution in [0.25, 0.3) is 11.0 Å². The number of ether oxygens (including phenoxy) is 3. The maximum atomic E-state index is 13.1. The molecule has 2 atom stereocenters. The summed E-state index contributed by atoms with van der Waals surface area (Å²) in [7, 11) is 0. The largest absolute Gasteiger partial charge is 0.461 e. The Morgan fingerprint density at radius 1 is 1.42 bits per heavy atom. The molecule has 2 aromatic rings. The number of hydrogen-bond acceptors (Lipinski definition) is 8. The molecule has 0 bridgehead atoms. The van der Waals surface area contributed by atoms with E-state index in [1.807, 2.05) is 18.4 Å². The van der Waals surface area contributed by atoms with Crippen molar-refractivity contribution in [2.45, 2.75) is 63.4 Å². The van der Waals surface area contributed by atoms with Gasteiger partial charge >= 0.3 is 12.1 Å². The van der Waals surface area contributed by atoms with Gasteiger partial charge < -0.3 is 24.4 Å². The van der Waals surface area contributed by atoms with Crippen LogP contribution in [0.1, 0.15) is 44.6 Å². The van der Waals surface area contributed by atoms with Gasteiger partial charge in [-0.1, -0.05) is 12.8 Å². The van der Waals surface area contributed by atoms with Crippen molar-refractivity contribution in [2.75, 3.05) is 12.0 Å². The van der Waals surface area contributed by atoms with E-state index in [4.69, 9.17) is 24.4 Å². The summed E-state index contributed by atoms with van der Waals surface area (Å²) in [5.74, 6) is 0.233. The van der Waals surface area contributed by atoms with Crippen LogP contribution in [0.3, 0.4) is 0 Å². The Morgan fingerprint density at radius 2 is 2.19 bits per heavy atom. The first-order valence-electron chi connectivity index (χ1n) is 10.5. The lowest BCUT2D eigenvalue weighted by Crippen LogP contribution is -2.54. The molecule has 3 heterocycles.